The summed E-state index contributed by atoms with van der Waals surface area (Å²) in [5, 5.41) is 10.7. The molecule has 5 atom stereocenters. The first kappa shape index (κ1) is 27.7. The fraction of sp³-hybridized carbons (Fsp3) is 0.680. The average molecular weight is 480 g/mol. The van der Waals surface area contributed by atoms with Gasteiger partial charge in [0.1, 0.15) is 12.7 Å². The zero-order chi connectivity index (χ0) is 24.6. The van der Waals surface area contributed by atoms with Gasteiger partial charge in [0, 0.05) is 30.5 Å². The number of esters is 1. The van der Waals surface area contributed by atoms with E-state index in [0.717, 1.165) is 5.56 Å². The van der Waals surface area contributed by atoms with Gasteiger partial charge < -0.3 is 23.7 Å². The lowest BCUT2D eigenvalue weighted by Gasteiger charge is -2.45. The van der Waals surface area contributed by atoms with Gasteiger partial charge in [-0.05, 0) is 50.9 Å². The highest BCUT2D eigenvalue weighted by atomic mass is 28.4. The highest BCUT2D eigenvalue weighted by Crippen LogP contribution is 2.39. The van der Waals surface area contributed by atoms with Gasteiger partial charge in [0.05, 0.1) is 18.3 Å². The second-order valence-corrected chi connectivity index (χ2v) is 15.1. The van der Waals surface area contributed by atoms with Crippen molar-refractivity contribution >= 4 is 14.3 Å². The van der Waals surface area contributed by atoms with Crippen LogP contribution < -0.4 is 0 Å². The van der Waals surface area contributed by atoms with Gasteiger partial charge in [-0.25, -0.2) is 4.79 Å². The Morgan fingerprint density at radius 2 is 2.12 bits per heavy atom. The molecule has 1 saturated heterocycles. The van der Waals surface area contributed by atoms with Crippen molar-refractivity contribution in [3.63, 3.8) is 0 Å². The van der Waals surface area contributed by atoms with Crippen LogP contribution in [0.3, 0.4) is 0 Å². The number of allylic oxidation sites excluding steroid dienone is 1. The van der Waals surface area contributed by atoms with Crippen molar-refractivity contribution in [3.05, 3.63) is 42.2 Å². The molecule has 0 aromatic carbocycles. The molecule has 8 heteroatoms. The predicted octanol–water partition coefficient (Wildman–Crippen LogP) is 4.75. The topological polar surface area (TPSA) is 87.1 Å². The van der Waals surface area contributed by atoms with Crippen LogP contribution in [0.15, 0.2) is 36.7 Å². The number of carbonyl (C=O) groups excluding carboxylic acids is 1. The van der Waals surface area contributed by atoms with E-state index in [0.29, 0.717) is 19.3 Å². The SMILES string of the molecule is C[C@H](CC/C=C/C(=O)OCc1cccnc1)O[C@@H]1O[C@@H](C)C(O[Si](C)(C)C(C)(C)C)C[C@H]1O. The van der Waals surface area contributed by atoms with E-state index < -0.39 is 20.7 Å². The molecule has 1 aromatic heterocycles. The van der Waals surface area contributed by atoms with Crippen LogP contribution in [0.5, 0.6) is 0 Å². The molecule has 186 valence electrons. The van der Waals surface area contributed by atoms with E-state index >= 15 is 0 Å². The minimum Gasteiger partial charge on any atom is -0.458 e. The van der Waals surface area contributed by atoms with E-state index in [1.165, 1.54) is 6.08 Å². The standard InChI is InChI=1S/C25H41NO6Si/c1-18(11-8-9-13-23(28)29-17-20-12-10-14-26-16-20)30-24-21(27)15-22(19(2)31-24)32-33(6,7)25(3,4)5/h9-10,12-14,16,18-19,21-22,24,27H,8,11,15,17H2,1-7H3/b13-9+/t18-,19+,21-,22?,24-/m1/s1. The summed E-state index contributed by atoms with van der Waals surface area (Å²) in [4.78, 5) is 15.8. The fourth-order valence-corrected chi connectivity index (χ4v) is 4.64. The van der Waals surface area contributed by atoms with E-state index in [1.807, 2.05) is 19.9 Å². The summed E-state index contributed by atoms with van der Waals surface area (Å²) in [5.74, 6) is -0.389. The third-order valence-electron chi connectivity index (χ3n) is 6.38. The lowest BCUT2D eigenvalue weighted by molar-refractivity contribution is -0.271. The third kappa shape index (κ3) is 8.94. The normalized spacial score (nSPS) is 25.2. The summed E-state index contributed by atoms with van der Waals surface area (Å²) >= 11 is 0. The number of ether oxygens (including phenoxy) is 3. The minimum absolute atomic E-state index is 0.0955. The molecule has 0 amide bonds. The van der Waals surface area contributed by atoms with Gasteiger partial charge in [-0.1, -0.05) is 32.9 Å². The van der Waals surface area contributed by atoms with E-state index in [9.17, 15) is 9.90 Å². The van der Waals surface area contributed by atoms with Crippen LogP contribution in [0.1, 0.15) is 59.4 Å². The van der Waals surface area contributed by atoms with Crippen molar-refractivity contribution in [2.75, 3.05) is 0 Å². The summed E-state index contributed by atoms with van der Waals surface area (Å²) in [6, 6.07) is 3.66. The molecule has 0 saturated carbocycles. The first-order chi connectivity index (χ1) is 15.4. The predicted molar refractivity (Wildman–Crippen MR) is 130 cm³/mol. The summed E-state index contributed by atoms with van der Waals surface area (Å²) < 4.78 is 23.6. The molecule has 7 nitrogen and oxygen atoms in total. The Morgan fingerprint density at radius 3 is 2.76 bits per heavy atom. The van der Waals surface area contributed by atoms with Gasteiger partial charge in [0.15, 0.2) is 14.6 Å². The third-order valence-corrected chi connectivity index (χ3v) is 10.9. The number of rotatable bonds is 10. The van der Waals surface area contributed by atoms with Crippen molar-refractivity contribution in [2.45, 2.75) is 109 Å². The Labute approximate surface area is 199 Å². The number of hydrogen-bond donors (Lipinski definition) is 1. The maximum Gasteiger partial charge on any atom is 0.330 e. The lowest BCUT2D eigenvalue weighted by Crippen LogP contribution is -2.54. The van der Waals surface area contributed by atoms with Gasteiger partial charge >= 0.3 is 5.97 Å². The van der Waals surface area contributed by atoms with Gasteiger partial charge in [-0.15, -0.1) is 0 Å². The molecule has 33 heavy (non-hydrogen) atoms. The molecule has 1 unspecified atom stereocenters. The van der Waals surface area contributed by atoms with Crippen molar-refractivity contribution in [3.8, 4) is 0 Å². The van der Waals surface area contributed by atoms with Crippen molar-refractivity contribution < 1.29 is 28.5 Å². The van der Waals surface area contributed by atoms with E-state index in [1.54, 1.807) is 24.5 Å². The highest BCUT2D eigenvalue weighted by molar-refractivity contribution is 6.74. The Bertz CT molecular complexity index is 764. The largest absolute Gasteiger partial charge is 0.458 e. The number of carbonyl (C=O) groups is 1. The average Bonchev–Trinajstić information content (AvgIpc) is 2.73. The van der Waals surface area contributed by atoms with Crippen LogP contribution in [0.25, 0.3) is 0 Å². The number of nitrogens with zero attached hydrogens (tertiary/aromatic N) is 1. The number of aliphatic hydroxyl groups is 1. The Balaban J connectivity index is 1.72. The van der Waals surface area contributed by atoms with Crippen LogP contribution in [0.4, 0.5) is 0 Å². The molecule has 1 aliphatic heterocycles. The lowest BCUT2D eigenvalue weighted by atomic mass is 10.0. The van der Waals surface area contributed by atoms with Crippen molar-refractivity contribution in [1.29, 1.82) is 0 Å². The van der Waals surface area contributed by atoms with E-state index in [-0.39, 0.29) is 35.9 Å². The molecule has 1 N–H and O–H groups in total. The monoisotopic (exact) mass is 479 g/mol. The quantitative estimate of drug-likeness (QED) is 0.294. The maximum absolute atomic E-state index is 11.8. The van der Waals surface area contributed by atoms with Crippen LogP contribution in [-0.4, -0.2) is 55.1 Å². The Morgan fingerprint density at radius 1 is 1.39 bits per heavy atom. The summed E-state index contributed by atoms with van der Waals surface area (Å²) in [7, 11) is -1.95. The van der Waals surface area contributed by atoms with Gasteiger partial charge in [0.2, 0.25) is 0 Å². The molecule has 0 aliphatic carbocycles. The van der Waals surface area contributed by atoms with Crippen LogP contribution in [0, 0.1) is 0 Å². The molecule has 1 aromatic rings. The van der Waals surface area contributed by atoms with E-state index in [4.69, 9.17) is 18.6 Å². The zero-order valence-corrected chi connectivity index (χ0v) is 22.1. The molecule has 1 aliphatic rings. The molecule has 2 heterocycles. The first-order valence-electron chi connectivity index (χ1n) is 11.8. The van der Waals surface area contributed by atoms with Gasteiger partial charge in [0.25, 0.3) is 0 Å². The smallest absolute Gasteiger partial charge is 0.330 e. The van der Waals surface area contributed by atoms with Crippen LogP contribution >= 0.6 is 0 Å². The number of aliphatic hydroxyl groups excluding tert-OH is 1. The zero-order valence-electron chi connectivity index (χ0n) is 21.1. The molecule has 1 fully saturated rings. The Hall–Kier alpha value is -1.58. The number of hydrogen-bond acceptors (Lipinski definition) is 7. The Kier molecular flexibility index (Phi) is 10.2. The fourth-order valence-electron chi connectivity index (χ4n) is 3.25. The van der Waals surface area contributed by atoms with Crippen LogP contribution in [0.2, 0.25) is 18.1 Å². The molecule has 0 radical (unpaired) electrons. The number of aromatic nitrogens is 1. The van der Waals surface area contributed by atoms with Gasteiger partial charge in [-0.2, -0.15) is 0 Å². The number of pyridine rings is 1. The second kappa shape index (κ2) is 12.2. The second-order valence-electron chi connectivity index (χ2n) is 10.3. The van der Waals surface area contributed by atoms with Crippen molar-refractivity contribution in [2.24, 2.45) is 0 Å². The molecule has 2 rings (SSSR count). The van der Waals surface area contributed by atoms with Crippen LogP contribution in [-0.2, 0) is 30.0 Å². The molecule has 0 bridgehead atoms. The molecular formula is C25H41NO6Si. The molecule has 0 spiro atoms. The van der Waals surface area contributed by atoms with Gasteiger partial charge in [-0.3, -0.25) is 4.98 Å². The minimum atomic E-state index is -1.95. The molecular weight excluding hydrogens is 438 g/mol. The van der Waals surface area contributed by atoms with Crippen molar-refractivity contribution in [1.82, 2.24) is 4.98 Å². The summed E-state index contributed by atoms with van der Waals surface area (Å²) in [5.41, 5.74) is 0.846. The highest BCUT2D eigenvalue weighted by Gasteiger charge is 2.44. The summed E-state index contributed by atoms with van der Waals surface area (Å²) in [6.07, 6.45) is 6.53. The first-order valence-corrected chi connectivity index (χ1v) is 14.7. The maximum atomic E-state index is 11.8. The summed E-state index contributed by atoms with van der Waals surface area (Å²) in [6.45, 7) is 15.1. The van der Waals surface area contributed by atoms with E-state index in [2.05, 4.69) is 38.8 Å².